The molecule has 1 aromatic carbocycles. The molecule has 1 aromatic heterocycles. The summed E-state index contributed by atoms with van der Waals surface area (Å²) < 4.78 is 2.33. The Morgan fingerprint density at radius 2 is 1.88 bits per heavy atom. The maximum atomic E-state index is 9.50. The molecule has 0 radical (unpaired) electrons. The van der Waals surface area contributed by atoms with Crippen molar-refractivity contribution in [2.24, 2.45) is 0 Å². The van der Waals surface area contributed by atoms with Crippen molar-refractivity contribution in [1.82, 2.24) is 4.57 Å². The second kappa shape index (κ2) is 4.49. The first-order valence-corrected chi connectivity index (χ1v) is 5.51. The maximum Gasteiger partial charge on any atom is 0.150 e. The van der Waals surface area contributed by atoms with E-state index in [0.717, 1.165) is 0 Å². The highest BCUT2D eigenvalue weighted by Crippen LogP contribution is 2.12. The van der Waals surface area contributed by atoms with Crippen LogP contribution in [0.2, 0.25) is 0 Å². The molecule has 2 nitrogen and oxygen atoms in total. The molecule has 0 aliphatic heterocycles. The van der Waals surface area contributed by atoms with Crippen molar-refractivity contribution in [3.05, 3.63) is 58.4 Å². The molecule has 2 rings (SSSR count). The van der Waals surface area contributed by atoms with Gasteiger partial charge in [-0.15, -0.1) is 0 Å². The molecule has 3 heteroatoms. The van der Waals surface area contributed by atoms with Gasteiger partial charge >= 0.3 is 0 Å². The SMILES string of the molecule is Cc1ccc(Cn2cccc(O)c2=S)cc1. The second-order valence-corrected chi connectivity index (χ2v) is 4.20. The molecular weight excluding hydrogens is 218 g/mol. The van der Waals surface area contributed by atoms with Crippen molar-refractivity contribution in [3.63, 3.8) is 0 Å². The summed E-state index contributed by atoms with van der Waals surface area (Å²) in [5.74, 6) is 0.157. The third-order valence-corrected chi connectivity index (χ3v) is 2.92. The Hall–Kier alpha value is -1.61. The van der Waals surface area contributed by atoms with Gasteiger partial charge in [0.2, 0.25) is 0 Å². The molecule has 2 aromatic rings. The number of benzene rings is 1. The van der Waals surface area contributed by atoms with E-state index in [4.69, 9.17) is 12.2 Å². The summed E-state index contributed by atoms with van der Waals surface area (Å²) in [6, 6.07) is 11.7. The van der Waals surface area contributed by atoms with Crippen LogP contribution in [0.1, 0.15) is 11.1 Å². The number of aryl methyl sites for hydroxylation is 1. The van der Waals surface area contributed by atoms with Crippen LogP contribution in [-0.4, -0.2) is 9.67 Å². The molecule has 0 aliphatic rings. The standard InChI is InChI=1S/C13H13NOS/c1-10-4-6-11(7-5-10)9-14-8-2-3-12(15)13(14)16/h2-8,15H,9H2,1H3. The summed E-state index contributed by atoms with van der Waals surface area (Å²) in [5, 5.41) is 9.50. The molecule has 0 fully saturated rings. The van der Waals surface area contributed by atoms with Crippen LogP contribution in [0.3, 0.4) is 0 Å². The number of hydrogen-bond acceptors (Lipinski definition) is 2. The Balaban J connectivity index is 2.31. The van der Waals surface area contributed by atoms with E-state index in [9.17, 15) is 5.11 Å². The van der Waals surface area contributed by atoms with Crippen LogP contribution in [0.4, 0.5) is 0 Å². The molecule has 0 bridgehead atoms. The number of rotatable bonds is 2. The van der Waals surface area contributed by atoms with E-state index in [-0.39, 0.29) is 5.75 Å². The van der Waals surface area contributed by atoms with Crippen LogP contribution in [0, 0.1) is 11.6 Å². The first kappa shape index (κ1) is 10.9. The average Bonchev–Trinajstić information content (AvgIpc) is 2.28. The lowest BCUT2D eigenvalue weighted by Crippen LogP contribution is -2.00. The summed E-state index contributed by atoms with van der Waals surface area (Å²) in [4.78, 5) is 0. The Bertz CT molecular complexity index is 543. The number of nitrogens with zero attached hydrogens (tertiary/aromatic N) is 1. The van der Waals surface area contributed by atoms with E-state index in [2.05, 4.69) is 31.2 Å². The summed E-state index contributed by atoms with van der Waals surface area (Å²) >= 11 is 5.13. The summed E-state index contributed by atoms with van der Waals surface area (Å²) in [6.07, 6.45) is 1.88. The lowest BCUT2D eigenvalue weighted by molar-refractivity contribution is 0.464. The fourth-order valence-electron chi connectivity index (χ4n) is 1.54. The zero-order valence-electron chi connectivity index (χ0n) is 9.05. The highest BCUT2D eigenvalue weighted by molar-refractivity contribution is 7.71. The molecule has 0 amide bonds. The molecule has 0 atom stereocenters. The summed E-state index contributed by atoms with van der Waals surface area (Å²) in [7, 11) is 0. The van der Waals surface area contributed by atoms with Crippen LogP contribution in [-0.2, 0) is 6.54 Å². The third kappa shape index (κ3) is 2.31. The van der Waals surface area contributed by atoms with E-state index in [1.165, 1.54) is 11.1 Å². The van der Waals surface area contributed by atoms with Gasteiger partial charge in [0, 0.05) is 12.7 Å². The molecule has 0 spiro atoms. The zero-order valence-corrected chi connectivity index (χ0v) is 9.87. The molecule has 82 valence electrons. The van der Waals surface area contributed by atoms with Gasteiger partial charge in [0.15, 0.2) is 0 Å². The van der Waals surface area contributed by atoms with Crippen molar-refractivity contribution in [1.29, 1.82) is 0 Å². The van der Waals surface area contributed by atoms with Gasteiger partial charge in [-0.05, 0) is 24.6 Å². The van der Waals surface area contributed by atoms with E-state index >= 15 is 0 Å². The maximum absolute atomic E-state index is 9.50. The second-order valence-electron chi connectivity index (χ2n) is 3.81. The minimum absolute atomic E-state index is 0.157. The van der Waals surface area contributed by atoms with Crippen LogP contribution in [0.5, 0.6) is 5.75 Å². The lowest BCUT2D eigenvalue weighted by Gasteiger charge is -2.07. The van der Waals surface area contributed by atoms with E-state index in [1.807, 2.05) is 10.8 Å². The number of aromatic nitrogens is 1. The van der Waals surface area contributed by atoms with Crippen molar-refractivity contribution in [3.8, 4) is 5.75 Å². The van der Waals surface area contributed by atoms with Crippen LogP contribution >= 0.6 is 12.2 Å². The normalized spacial score (nSPS) is 10.3. The highest BCUT2D eigenvalue weighted by Gasteiger charge is 1.98. The predicted molar refractivity (Wildman–Crippen MR) is 67.2 cm³/mol. The van der Waals surface area contributed by atoms with Crippen LogP contribution in [0.15, 0.2) is 42.6 Å². The molecular formula is C13H13NOS. The van der Waals surface area contributed by atoms with Gasteiger partial charge in [-0.25, -0.2) is 0 Å². The average molecular weight is 231 g/mol. The quantitative estimate of drug-likeness (QED) is 0.802. The number of aromatic hydroxyl groups is 1. The minimum Gasteiger partial charge on any atom is -0.505 e. The summed E-state index contributed by atoms with van der Waals surface area (Å²) in [6.45, 7) is 2.75. The van der Waals surface area contributed by atoms with Gasteiger partial charge in [0.05, 0.1) is 0 Å². The Kier molecular flexibility index (Phi) is 3.06. The smallest absolute Gasteiger partial charge is 0.150 e. The highest BCUT2D eigenvalue weighted by atomic mass is 32.1. The monoisotopic (exact) mass is 231 g/mol. The van der Waals surface area contributed by atoms with E-state index in [0.29, 0.717) is 11.2 Å². The fourth-order valence-corrected chi connectivity index (χ4v) is 1.73. The van der Waals surface area contributed by atoms with Crippen LogP contribution in [0.25, 0.3) is 0 Å². The fraction of sp³-hybridized carbons (Fsp3) is 0.154. The third-order valence-electron chi connectivity index (χ3n) is 2.47. The first-order chi connectivity index (χ1) is 7.66. The van der Waals surface area contributed by atoms with Gasteiger partial charge < -0.3 is 9.67 Å². The number of pyridine rings is 1. The minimum atomic E-state index is 0.157. The van der Waals surface area contributed by atoms with Gasteiger partial charge in [0.1, 0.15) is 10.4 Å². The van der Waals surface area contributed by atoms with Crippen molar-refractivity contribution < 1.29 is 5.11 Å². The van der Waals surface area contributed by atoms with Crippen molar-refractivity contribution >= 4 is 12.2 Å². The van der Waals surface area contributed by atoms with Gasteiger partial charge in [-0.2, -0.15) is 0 Å². The van der Waals surface area contributed by atoms with E-state index < -0.39 is 0 Å². The zero-order chi connectivity index (χ0) is 11.5. The molecule has 0 aliphatic carbocycles. The Morgan fingerprint density at radius 3 is 2.56 bits per heavy atom. The van der Waals surface area contributed by atoms with Gasteiger partial charge in [-0.1, -0.05) is 42.0 Å². The first-order valence-electron chi connectivity index (χ1n) is 5.11. The van der Waals surface area contributed by atoms with E-state index in [1.54, 1.807) is 12.1 Å². The Labute approximate surface area is 99.8 Å². The van der Waals surface area contributed by atoms with Crippen LogP contribution < -0.4 is 0 Å². The van der Waals surface area contributed by atoms with Gasteiger partial charge in [0.25, 0.3) is 0 Å². The van der Waals surface area contributed by atoms with Crippen molar-refractivity contribution in [2.75, 3.05) is 0 Å². The largest absolute Gasteiger partial charge is 0.505 e. The topological polar surface area (TPSA) is 25.2 Å². The van der Waals surface area contributed by atoms with Crippen molar-refractivity contribution in [2.45, 2.75) is 13.5 Å². The molecule has 0 saturated heterocycles. The van der Waals surface area contributed by atoms with Gasteiger partial charge in [-0.3, -0.25) is 0 Å². The molecule has 1 heterocycles. The lowest BCUT2D eigenvalue weighted by atomic mass is 10.1. The molecule has 0 unspecified atom stereocenters. The summed E-state index contributed by atoms with van der Waals surface area (Å²) in [5.41, 5.74) is 2.41. The molecule has 1 N–H and O–H groups in total. The molecule has 16 heavy (non-hydrogen) atoms. The number of hydrogen-bond donors (Lipinski definition) is 1. The molecule has 0 saturated carbocycles. The predicted octanol–water partition coefficient (Wildman–Crippen LogP) is 3.28. The Morgan fingerprint density at radius 1 is 1.19 bits per heavy atom.